The molecule has 3 saturated heterocycles. The summed E-state index contributed by atoms with van der Waals surface area (Å²) in [5.74, 6) is 0.229. The van der Waals surface area contributed by atoms with E-state index in [0.29, 0.717) is 6.04 Å². The van der Waals surface area contributed by atoms with Gasteiger partial charge in [-0.15, -0.1) is 0 Å². The van der Waals surface area contributed by atoms with Gasteiger partial charge in [-0.2, -0.15) is 0 Å². The van der Waals surface area contributed by atoms with E-state index in [1.54, 1.807) is 0 Å². The van der Waals surface area contributed by atoms with E-state index in [0.717, 1.165) is 44.6 Å². The number of carbonyl (C=O) groups is 1. The summed E-state index contributed by atoms with van der Waals surface area (Å²) in [4.78, 5) is 20.1. The molecule has 3 heterocycles. The first-order chi connectivity index (χ1) is 12.3. The second kappa shape index (κ2) is 7.77. The van der Waals surface area contributed by atoms with E-state index in [1.165, 1.54) is 50.9 Å². The van der Waals surface area contributed by atoms with E-state index >= 15 is 0 Å². The first-order valence-electron chi connectivity index (χ1n) is 10.2. The molecule has 0 N–H and O–H groups in total. The normalized spacial score (nSPS) is 24.9. The van der Waals surface area contributed by atoms with Gasteiger partial charge in [0.25, 0.3) is 5.91 Å². The SMILES string of the molecule is O=C(c1ccc(N2CCCCC2)cc1)N1CCCC1CN1CCCC1. The van der Waals surface area contributed by atoms with Crippen molar-refractivity contribution < 1.29 is 4.79 Å². The van der Waals surface area contributed by atoms with Crippen LogP contribution in [-0.4, -0.2) is 61.0 Å². The minimum absolute atomic E-state index is 0.229. The minimum Gasteiger partial charge on any atom is -0.372 e. The molecular formula is C21H31N3O. The fourth-order valence-corrected chi connectivity index (χ4v) is 4.69. The molecule has 1 unspecified atom stereocenters. The summed E-state index contributed by atoms with van der Waals surface area (Å²) in [6, 6.07) is 8.77. The summed E-state index contributed by atoms with van der Waals surface area (Å²) in [5, 5.41) is 0. The molecule has 1 aromatic carbocycles. The molecule has 4 rings (SSSR count). The highest BCUT2D eigenvalue weighted by Gasteiger charge is 2.31. The number of carbonyl (C=O) groups excluding carboxylic acids is 1. The molecule has 0 aliphatic carbocycles. The van der Waals surface area contributed by atoms with Crippen LogP contribution in [0, 0.1) is 0 Å². The molecule has 3 fully saturated rings. The van der Waals surface area contributed by atoms with Crippen LogP contribution in [0.15, 0.2) is 24.3 Å². The van der Waals surface area contributed by atoms with Crippen LogP contribution in [0.25, 0.3) is 0 Å². The third kappa shape index (κ3) is 3.84. The second-order valence-corrected chi connectivity index (χ2v) is 7.90. The molecule has 4 heteroatoms. The summed E-state index contributed by atoms with van der Waals surface area (Å²) in [6.45, 7) is 6.71. The van der Waals surface area contributed by atoms with Crippen LogP contribution in [0.5, 0.6) is 0 Å². The Labute approximate surface area is 151 Å². The van der Waals surface area contributed by atoms with Gasteiger partial charge >= 0.3 is 0 Å². The van der Waals surface area contributed by atoms with Gasteiger partial charge in [-0.25, -0.2) is 0 Å². The maximum atomic E-state index is 13.0. The average Bonchev–Trinajstić information content (AvgIpc) is 3.34. The molecule has 136 valence electrons. The van der Waals surface area contributed by atoms with Crippen LogP contribution < -0.4 is 4.90 Å². The number of nitrogens with zero attached hydrogens (tertiary/aromatic N) is 3. The van der Waals surface area contributed by atoms with Crippen LogP contribution in [0.2, 0.25) is 0 Å². The summed E-state index contributed by atoms with van der Waals surface area (Å²) >= 11 is 0. The second-order valence-electron chi connectivity index (χ2n) is 7.90. The van der Waals surface area contributed by atoms with Gasteiger partial charge in [0.1, 0.15) is 0 Å². The smallest absolute Gasteiger partial charge is 0.254 e. The lowest BCUT2D eigenvalue weighted by Crippen LogP contribution is -2.42. The van der Waals surface area contributed by atoms with Crippen LogP contribution in [-0.2, 0) is 0 Å². The number of hydrogen-bond donors (Lipinski definition) is 0. The van der Waals surface area contributed by atoms with Crippen molar-refractivity contribution in [2.75, 3.05) is 44.2 Å². The Morgan fingerprint density at radius 2 is 1.52 bits per heavy atom. The third-order valence-corrected chi connectivity index (χ3v) is 6.14. The largest absolute Gasteiger partial charge is 0.372 e. The molecule has 0 bridgehead atoms. The van der Waals surface area contributed by atoms with E-state index in [2.05, 4.69) is 26.8 Å². The zero-order valence-corrected chi connectivity index (χ0v) is 15.3. The van der Waals surface area contributed by atoms with Crippen molar-refractivity contribution in [1.29, 1.82) is 0 Å². The first-order valence-corrected chi connectivity index (χ1v) is 10.2. The Morgan fingerprint density at radius 1 is 0.840 bits per heavy atom. The van der Waals surface area contributed by atoms with Crippen LogP contribution >= 0.6 is 0 Å². The standard InChI is InChI=1S/C21H31N3O/c25-21(24-16-6-7-20(24)17-22-12-4-5-13-22)18-8-10-19(11-9-18)23-14-2-1-3-15-23/h8-11,20H,1-7,12-17H2. The zero-order valence-electron chi connectivity index (χ0n) is 15.3. The third-order valence-electron chi connectivity index (χ3n) is 6.14. The van der Waals surface area contributed by atoms with Crippen molar-refractivity contribution in [3.8, 4) is 0 Å². The van der Waals surface area contributed by atoms with Gasteiger partial charge in [-0.1, -0.05) is 0 Å². The molecular weight excluding hydrogens is 310 g/mol. The summed E-state index contributed by atoms with van der Waals surface area (Å²) in [7, 11) is 0. The molecule has 1 atom stereocenters. The van der Waals surface area contributed by atoms with Gasteiger partial charge < -0.3 is 14.7 Å². The van der Waals surface area contributed by atoms with Gasteiger partial charge in [0.2, 0.25) is 0 Å². The molecule has 0 aromatic heterocycles. The maximum Gasteiger partial charge on any atom is 0.254 e. The highest BCUT2D eigenvalue weighted by atomic mass is 16.2. The number of amides is 1. The molecule has 0 saturated carbocycles. The number of benzene rings is 1. The van der Waals surface area contributed by atoms with Gasteiger partial charge in [0, 0.05) is 43.5 Å². The molecule has 0 spiro atoms. The fraction of sp³-hybridized carbons (Fsp3) is 0.667. The quantitative estimate of drug-likeness (QED) is 0.840. The van der Waals surface area contributed by atoms with E-state index in [1.807, 2.05) is 12.1 Å². The Morgan fingerprint density at radius 3 is 2.24 bits per heavy atom. The molecule has 25 heavy (non-hydrogen) atoms. The summed E-state index contributed by atoms with van der Waals surface area (Å²) in [5.41, 5.74) is 2.13. The van der Waals surface area contributed by atoms with Crippen molar-refractivity contribution in [2.24, 2.45) is 0 Å². The van der Waals surface area contributed by atoms with Gasteiger partial charge in [0.05, 0.1) is 0 Å². The lowest BCUT2D eigenvalue weighted by Gasteiger charge is -2.30. The number of hydrogen-bond acceptors (Lipinski definition) is 3. The lowest BCUT2D eigenvalue weighted by molar-refractivity contribution is 0.0709. The van der Waals surface area contributed by atoms with Crippen LogP contribution in [0.4, 0.5) is 5.69 Å². The topological polar surface area (TPSA) is 26.8 Å². The van der Waals surface area contributed by atoms with Gasteiger partial charge in [-0.05, 0) is 82.3 Å². The monoisotopic (exact) mass is 341 g/mol. The van der Waals surface area contributed by atoms with Crippen LogP contribution in [0.1, 0.15) is 55.3 Å². The average molecular weight is 341 g/mol. The van der Waals surface area contributed by atoms with Crippen molar-refractivity contribution in [2.45, 2.75) is 51.0 Å². The molecule has 4 nitrogen and oxygen atoms in total. The summed E-state index contributed by atoms with van der Waals surface area (Å²) < 4.78 is 0. The Kier molecular flexibility index (Phi) is 5.25. The Bertz CT molecular complexity index is 573. The van der Waals surface area contributed by atoms with Crippen LogP contribution in [0.3, 0.4) is 0 Å². The highest BCUT2D eigenvalue weighted by Crippen LogP contribution is 2.24. The highest BCUT2D eigenvalue weighted by molar-refractivity contribution is 5.95. The maximum absolute atomic E-state index is 13.0. The molecule has 0 radical (unpaired) electrons. The zero-order chi connectivity index (χ0) is 17.1. The predicted molar refractivity (Wildman–Crippen MR) is 102 cm³/mol. The fourth-order valence-electron chi connectivity index (χ4n) is 4.69. The van der Waals surface area contributed by atoms with Gasteiger partial charge in [-0.3, -0.25) is 4.79 Å². The number of likely N-dealkylation sites (tertiary alicyclic amines) is 2. The van der Waals surface area contributed by atoms with Crippen molar-refractivity contribution >= 4 is 11.6 Å². The first kappa shape index (κ1) is 16.9. The summed E-state index contributed by atoms with van der Waals surface area (Å²) in [6.07, 6.45) is 8.86. The van der Waals surface area contributed by atoms with Crippen molar-refractivity contribution in [1.82, 2.24) is 9.80 Å². The number of rotatable bonds is 4. The molecule has 1 aromatic rings. The van der Waals surface area contributed by atoms with E-state index in [-0.39, 0.29) is 5.91 Å². The van der Waals surface area contributed by atoms with E-state index < -0.39 is 0 Å². The Hall–Kier alpha value is -1.55. The van der Waals surface area contributed by atoms with Crippen molar-refractivity contribution in [3.63, 3.8) is 0 Å². The lowest BCUT2D eigenvalue weighted by atomic mass is 10.1. The molecule has 1 amide bonds. The molecule has 3 aliphatic rings. The van der Waals surface area contributed by atoms with Crippen molar-refractivity contribution in [3.05, 3.63) is 29.8 Å². The number of anilines is 1. The minimum atomic E-state index is 0.229. The number of piperidine rings is 1. The Balaban J connectivity index is 1.40. The predicted octanol–water partition coefficient (Wildman–Crippen LogP) is 3.38. The van der Waals surface area contributed by atoms with Gasteiger partial charge in [0.15, 0.2) is 0 Å². The van der Waals surface area contributed by atoms with E-state index in [4.69, 9.17) is 0 Å². The molecule has 3 aliphatic heterocycles. The van der Waals surface area contributed by atoms with E-state index in [9.17, 15) is 4.79 Å².